The van der Waals surface area contributed by atoms with Crippen LogP contribution in [0.15, 0.2) is 22.5 Å². The standard InChI is InChI=1S/C16H24F3N5OS/c1-23(2)14(25)9-21-15(20-8-13-4-3-7-26-13)22-12-5-6-24(10-12)11-16(17,18)19/h3-4,7,12H,5-6,8-11H2,1-2H3,(H2,20,21,22). The molecule has 1 aromatic rings. The molecule has 2 rings (SSSR count). The molecule has 1 aliphatic rings. The van der Waals surface area contributed by atoms with Crippen molar-refractivity contribution in [2.45, 2.75) is 25.2 Å². The Morgan fingerprint density at radius 3 is 2.85 bits per heavy atom. The van der Waals surface area contributed by atoms with Crippen LogP contribution in [0.3, 0.4) is 0 Å². The summed E-state index contributed by atoms with van der Waals surface area (Å²) in [5.74, 6) is 0.291. The first-order valence-corrected chi connectivity index (χ1v) is 9.17. The van der Waals surface area contributed by atoms with Gasteiger partial charge in [0.2, 0.25) is 5.91 Å². The number of nitrogens with one attached hydrogen (secondary N) is 2. The lowest BCUT2D eigenvalue weighted by Crippen LogP contribution is -2.45. The Morgan fingerprint density at radius 1 is 1.46 bits per heavy atom. The fourth-order valence-corrected chi connectivity index (χ4v) is 3.21. The predicted octanol–water partition coefficient (Wildman–Crippen LogP) is 1.51. The van der Waals surface area contributed by atoms with Gasteiger partial charge in [-0.2, -0.15) is 13.2 Å². The number of carbonyl (C=O) groups excluding carboxylic acids is 1. The Balaban J connectivity index is 1.92. The second-order valence-electron chi connectivity index (χ2n) is 6.37. The summed E-state index contributed by atoms with van der Waals surface area (Å²) in [5, 5.41) is 8.26. The number of likely N-dealkylation sites (N-methyl/N-ethyl adjacent to an activating group) is 1. The molecule has 1 amide bonds. The van der Waals surface area contributed by atoms with Crippen LogP contribution in [0.5, 0.6) is 0 Å². The van der Waals surface area contributed by atoms with Crippen molar-refractivity contribution in [3.63, 3.8) is 0 Å². The van der Waals surface area contributed by atoms with Gasteiger partial charge in [0, 0.05) is 38.1 Å². The van der Waals surface area contributed by atoms with E-state index in [9.17, 15) is 18.0 Å². The van der Waals surface area contributed by atoms with Gasteiger partial charge in [-0.15, -0.1) is 11.3 Å². The smallest absolute Gasteiger partial charge is 0.352 e. The molecule has 1 saturated heterocycles. The molecule has 2 N–H and O–H groups in total. The van der Waals surface area contributed by atoms with Gasteiger partial charge < -0.3 is 15.5 Å². The van der Waals surface area contributed by atoms with Gasteiger partial charge in [-0.05, 0) is 17.9 Å². The van der Waals surface area contributed by atoms with E-state index in [0.29, 0.717) is 32.0 Å². The average molecular weight is 391 g/mol. The number of rotatable bonds is 6. The molecule has 1 aliphatic heterocycles. The minimum Gasteiger partial charge on any atom is -0.352 e. The Labute approximate surface area is 155 Å². The summed E-state index contributed by atoms with van der Waals surface area (Å²) in [6.07, 6.45) is -3.60. The summed E-state index contributed by atoms with van der Waals surface area (Å²) in [6, 6.07) is 3.77. The zero-order chi connectivity index (χ0) is 19.2. The lowest BCUT2D eigenvalue weighted by molar-refractivity contribution is -0.143. The Kier molecular flexibility index (Phi) is 7.27. The van der Waals surface area contributed by atoms with Crippen LogP contribution < -0.4 is 10.6 Å². The van der Waals surface area contributed by atoms with Gasteiger partial charge in [0.25, 0.3) is 0 Å². The van der Waals surface area contributed by atoms with E-state index in [2.05, 4.69) is 15.6 Å². The van der Waals surface area contributed by atoms with Crippen molar-refractivity contribution in [3.8, 4) is 0 Å². The summed E-state index contributed by atoms with van der Waals surface area (Å²) in [4.78, 5) is 20.0. The number of amides is 1. The van der Waals surface area contributed by atoms with Crippen molar-refractivity contribution in [2.24, 2.45) is 4.99 Å². The van der Waals surface area contributed by atoms with E-state index in [1.807, 2.05) is 17.5 Å². The Bertz CT molecular complexity index is 604. The molecule has 0 aromatic carbocycles. The highest BCUT2D eigenvalue weighted by Gasteiger charge is 2.34. The zero-order valence-electron chi connectivity index (χ0n) is 14.8. The van der Waals surface area contributed by atoms with E-state index < -0.39 is 12.7 Å². The molecule has 6 nitrogen and oxygen atoms in total. The summed E-state index contributed by atoms with van der Waals surface area (Å²) >= 11 is 1.59. The van der Waals surface area contributed by atoms with Gasteiger partial charge >= 0.3 is 6.18 Å². The lowest BCUT2D eigenvalue weighted by atomic mass is 10.3. The van der Waals surface area contributed by atoms with Crippen LogP contribution in [-0.4, -0.2) is 74.2 Å². The molecule has 2 heterocycles. The van der Waals surface area contributed by atoms with Crippen LogP contribution in [0.25, 0.3) is 0 Å². The van der Waals surface area contributed by atoms with Crippen LogP contribution in [0.2, 0.25) is 0 Å². The molecule has 0 aliphatic carbocycles. The van der Waals surface area contributed by atoms with Crippen LogP contribution in [0.4, 0.5) is 13.2 Å². The summed E-state index contributed by atoms with van der Waals surface area (Å²) in [5.41, 5.74) is 0. The number of carbonyl (C=O) groups is 1. The molecule has 0 radical (unpaired) electrons. The number of hydrogen-bond acceptors (Lipinski definition) is 4. The maximum absolute atomic E-state index is 12.5. The predicted molar refractivity (Wildman–Crippen MR) is 96.2 cm³/mol. The molecule has 26 heavy (non-hydrogen) atoms. The highest BCUT2D eigenvalue weighted by atomic mass is 32.1. The van der Waals surface area contributed by atoms with Gasteiger partial charge in [-0.3, -0.25) is 9.69 Å². The third kappa shape index (κ3) is 7.20. The number of guanidine groups is 1. The monoisotopic (exact) mass is 391 g/mol. The molecule has 1 unspecified atom stereocenters. The zero-order valence-corrected chi connectivity index (χ0v) is 15.7. The molecule has 146 valence electrons. The minimum atomic E-state index is -4.19. The number of hydrogen-bond donors (Lipinski definition) is 2. The number of nitrogens with zero attached hydrogens (tertiary/aromatic N) is 3. The molecular weight excluding hydrogens is 367 g/mol. The normalized spacial score (nSPS) is 18.8. The molecule has 1 aromatic heterocycles. The molecule has 0 saturated carbocycles. The van der Waals surface area contributed by atoms with Gasteiger partial charge in [-0.25, -0.2) is 4.99 Å². The van der Waals surface area contributed by atoms with Crippen LogP contribution in [0.1, 0.15) is 11.3 Å². The molecule has 0 spiro atoms. The van der Waals surface area contributed by atoms with Crippen molar-refractivity contribution in [1.82, 2.24) is 20.4 Å². The highest BCUT2D eigenvalue weighted by molar-refractivity contribution is 7.09. The second kappa shape index (κ2) is 9.22. The van der Waals surface area contributed by atoms with E-state index in [1.54, 1.807) is 25.4 Å². The summed E-state index contributed by atoms with van der Waals surface area (Å²) in [7, 11) is 3.30. The number of thiophene rings is 1. The van der Waals surface area contributed by atoms with Crippen molar-refractivity contribution in [3.05, 3.63) is 22.4 Å². The van der Waals surface area contributed by atoms with Crippen molar-refractivity contribution in [2.75, 3.05) is 40.3 Å². The van der Waals surface area contributed by atoms with E-state index in [4.69, 9.17) is 0 Å². The third-order valence-electron chi connectivity index (χ3n) is 3.90. The summed E-state index contributed by atoms with van der Waals surface area (Å²) < 4.78 is 37.6. The van der Waals surface area contributed by atoms with Gasteiger partial charge in [0.15, 0.2) is 5.96 Å². The van der Waals surface area contributed by atoms with E-state index in [1.165, 1.54) is 9.80 Å². The maximum atomic E-state index is 12.5. The fourth-order valence-electron chi connectivity index (χ4n) is 2.57. The molecule has 10 heteroatoms. The SMILES string of the molecule is CN(C)C(=O)CN=C(NCc1cccs1)NC1CCN(CC(F)(F)F)C1. The molecular formula is C16H24F3N5OS. The van der Waals surface area contributed by atoms with Gasteiger partial charge in [-0.1, -0.05) is 6.07 Å². The minimum absolute atomic E-state index is 0.0221. The Hall–Kier alpha value is -1.81. The van der Waals surface area contributed by atoms with Crippen molar-refractivity contribution in [1.29, 1.82) is 0 Å². The average Bonchev–Trinajstić information content (AvgIpc) is 3.19. The largest absolute Gasteiger partial charge is 0.401 e. The van der Waals surface area contributed by atoms with Crippen molar-refractivity contribution >= 4 is 23.2 Å². The first kappa shape index (κ1) is 20.5. The maximum Gasteiger partial charge on any atom is 0.401 e. The van der Waals surface area contributed by atoms with Crippen LogP contribution in [0, 0.1) is 0 Å². The number of aliphatic imine (C=N–C) groups is 1. The van der Waals surface area contributed by atoms with Crippen LogP contribution >= 0.6 is 11.3 Å². The first-order chi connectivity index (χ1) is 12.2. The number of likely N-dealkylation sites (tertiary alicyclic amines) is 1. The molecule has 1 fully saturated rings. The fraction of sp³-hybridized carbons (Fsp3) is 0.625. The highest BCUT2D eigenvalue weighted by Crippen LogP contribution is 2.19. The van der Waals surface area contributed by atoms with Gasteiger partial charge in [0.05, 0.1) is 13.1 Å². The second-order valence-corrected chi connectivity index (χ2v) is 7.40. The summed E-state index contributed by atoms with van der Waals surface area (Å²) in [6.45, 7) is 0.288. The van der Waals surface area contributed by atoms with E-state index in [0.717, 1.165) is 4.88 Å². The van der Waals surface area contributed by atoms with E-state index >= 15 is 0 Å². The molecule has 0 bridgehead atoms. The third-order valence-corrected chi connectivity index (χ3v) is 4.77. The molecule has 1 atom stereocenters. The lowest BCUT2D eigenvalue weighted by Gasteiger charge is -2.20. The van der Waals surface area contributed by atoms with Crippen LogP contribution in [-0.2, 0) is 11.3 Å². The first-order valence-electron chi connectivity index (χ1n) is 8.29. The topological polar surface area (TPSA) is 60.0 Å². The number of alkyl halides is 3. The van der Waals surface area contributed by atoms with E-state index in [-0.39, 0.29) is 18.5 Å². The number of halogens is 3. The Morgan fingerprint density at radius 2 is 2.23 bits per heavy atom. The quantitative estimate of drug-likeness (QED) is 0.570. The van der Waals surface area contributed by atoms with Crippen molar-refractivity contribution < 1.29 is 18.0 Å². The van der Waals surface area contributed by atoms with Gasteiger partial charge in [0.1, 0.15) is 6.54 Å².